The fourth-order valence-electron chi connectivity index (χ4n) is 2.66. The van der Waals surface area contributed by atoms with Gasteiger partial charge in [-0.2, -0.15) is 0 Å². The van der Waals surface area contributed by atoms with Crippen molar-refractivity contribution in [3.8, 4) is 5.06 Å². The van der Waals surface area contributed by atoms with E-state index in [1.807, 2.05) is 12.1 Å². The minimum atomic E-state index is -0.0577. The Morgan fingerprint density at radius 1 is 1.39 bits per heavy atom. The van der Waals surface area contributed by atoms with Crippen LogP contribution in [0.2, 0.25) is 0 Å². The number of fused-ring (bicyclic) bond motifs is 1. The van der Waals surface area contributed by atoms with Crippen molar-refractivity contribution in [2.75, 3.05) is 0 Å². The van der Waals surface area contributed by atoms with Crippen LogP contribution in [-0.4, -0.2) is 11.7 Å². The first-order valence-electron chi connectivity index (χ1n) is 6.34. The molecule has 1 fully saturated rings. The molecule has 96 valence electrons. The fourth-order valence-corrected chi connectivity index (χ4v) is 3.38. The van der Waals surface area contributed by atoms with Crippen molar-refractivity contribution in [2.45, 2.75) is 38.9 Å². The summed E-state index contributed by atoms with van der Waals surface area (Å²) < 4.78 is 12.1. The first-order chi connectivity index (χ1) is 8.53. The molecule has 0 aromatic carbocycles. The van der Waals surface area contributed by atoms with Gasteiger partial charge in [-0.05, 0) is 45.4 Å². The molecule has 0 saturated carbocycles. The normalized spacial score (nSPS) is 28.9. The molecule has 1 aliphatic carbocycles. The molecule has 2 aliphatic rings. The van der Waals surface area contributed by atoms with Crippen LogP contribution >= 0.6 is 11.3 Å². The van der Waals surface area contributed by atoms with Crippen LogP contribution in [0.1, 0.15) is 25.1 Å². The Labute approximate surface area is 112 Å². The van der Waals surface area contributed by atoms with Gasteiger partial charge in [0.1, 0.15) is 11.9 Å². The average molecular weight is 262 g/mol. The van der Waals surface area contributed by atoms with Crippen molar-refractivity contribution in [3.63, 3.8) is 0 Å². The molecular weight excluding hydrogens is 244 g/mol. The van der Waals surface area contributed by atoms with Crippen molar-refractivity contribution >= 4 is 11.3 Å². The fraction of sp³-hybridized carbons (Fsp3) is 0.467. The van der Waals surface area contributed by atoms with E-state index in [0.29, 0.717) is 5.92 Å². The Kier molecular flexibility index (Phi) is 2.83. The quantitative estimate of drug-likeness (QED) is 0.799. The van der Waals surface area contributed by atoms with Crippen molar-refractivity contribution in [1.82, 2.24) is 0 Å². The molecule has 1 unspecified atom stereocenters. The second-order valence-electron chi connectivity index (χ2n) is 5.59. The van der Waals surface area contributed by atoms with Crippen LogP contribution in [0.3, 0.4) is 0 Å². The van der Waals surface area contributed by atoms with E-state index in [1.54, 1.807) is 11.3 Å². The molecule has 1 aromatic heterocycles. The van der Waals surface area contributed by atoms with E-state index in [9.17, 15) is 0 Å². The van der Waals surface area contributed by atoms with Crippen LogP contribution < -0.4 is 4.74 Å². The third kappa shape index (κ3) is 2.25. The number of aryl methyl sites for hydroxylation is 1. The molecule has 2 nitrogen and oxygen atoms in total. The summed E-state index contributed by atoms with van der Waals surface area (Å²) in [7, 11) is 0. The molecule has 0 amide bonds. The number of hydrogen-bond acceptors (Lipinski definition) is 3. The van der Waals surface area contributed by atoms with Crippen LogP contribution in [0, 0.1) is 12.8 Å². The molecule has 1 aliphatic heterocycles. The van der Waals surface area contributed by atoms with E-state index in [4.69, 9.17) is 9.47 Å². The van der Waals surface area contributed by atoms with Crippen LogP contribution in [-0.2, 0) is 4.74 Å². The Morgan fingerprint density at radius 2 is 2.22 bits per heavy atom. The molecule has 2 heterocycles. The van der Waals surface area contributed by atoms with E-state index >= 15 is 0 Å². The molecule has 0 spiro atoms. The lowest BCUT2D eigenvalue weighted by Crippen LogP contribution is -2.25. The molecule has 2 atom stereocenters. The molecule has 0 N–H and O–H groups in total. The molecular formula is C15H18O2S. The first-order valence-corrected chi connectivity index (χ1v) is 7.16. The van der Waals surface area contributed by atoms with Gasteiger partial charge in [0.15, 0.2) is 5.06 Å². The lowest BCUT2D eigenvalue weighted by atomic mass is 9.91. The van der Waals surface area contributed by atoms with E-state index in [2.05, 4.69) is 39.0 Å². The summed E-state index contributed by atoms with van der Waals surface area (Å²) in [4.78, 5) is 1.26. The van der Waals surface area contributed by atoms with Crippen LogP contribution in [0.15, 0.2) is 36.1 Å². The zero-order valence-corrected chi connectivity index (χ0v) is 11.8. The third-order valence-corrected chi connectivity index (χ3v) is 4.27. The molecule has 1 saturated heterocycles. The smallest absolute Gasteiger partial charge is 0.180 e. The molecule has 0 radical (unpaired) electrons. The monoisotopic (exact) mass is 262 g/mol. The highest BCUT2D eigenvalue weighted by Crippen LogP contribution is 2.41. The van der Waals surface area contributed by atoms with Crippen LogP contribution in [0.25, 0.3) is 0 Å². The van der Waals surface area contributed by atoms with E-state index in [0.717, 1.165) is 17.2 Å². The maximum Gasteiger partial charge on any atom is 0.180 e. The average Bonchev–Trinajstić information content (AvgIpc) is 2.81. The topological polar surface area (TPSA) is 18.5 Å². The van der Waals surface area contributed by atoms with Gasteiger partial charge < -0.3 is 9.47 Å². The zero-order valence-electron chi connectivity index (χ0n) is 11.0. The standard InChI is InChI=1S/C15H18O2S/c1-10-7-8-13(18-10)16-12-6-4-5-11-9-15(2,3)17-14(11)12/h4-8,11,14H,9H2,1-3H3/t11?,14-/m0/s1. The lowest BCUT2D eigenvalue weighted by Gasteiger charge is -2.23. The SMILES string of the molecule is Cc1ccc(OC2=CC=CC3CC(C)(C)O[C@H]23)s1. The third-order valence-electron chi connectivity index (χ3n) is 3.40. The predicted octanol–water partition coefficient (Wildman–Crippen LogP) is 4.07. The lowest BCUT2D eigenvalue weighted by molar-refractivity contribution is -0.0157. The van der Waals surface area contributed by atoms with Crippen molar-refractivity contribution in [1.29, 1.82) is 0 Å². The summed E-state index contributed by atoms with van der Waals surface area (Å²) in [6, 6.07) is 4.10. The molecule has 18 heavy (non-hydrogen) atoms. The summed E-state index contributed by atoms with van der Waals surface area (Å²) >= 11 is 1.67. The van der Waals surface area contributed by atoms with Gasteiger partial charge in [0.25, 0.3) is 0 Å². The number of hydrogen-bond donors (Lipinski definition) is 0. The van der Waals surface area contributed by atoms with Crippen molar-refractivity contribution in [3.05, 3.63) is 41.0 Å². The Balaban J connectivity index is 1.80. The highest BCUT2D eigenvalue weighted by atomic mass is 32.1. The highest BCUT2D eigenvalue weighted by molar-refractivity contribution is 7.13. The number of thiophene rings is 1. The maximum absolute atomic E-state index is 6.10. The molecule has 3 heteroatoms. The molecule has 0 bridgehead atoms. The van der Waals surface area contributed by atoms with Gasteiger partial charge in [0.2, 0.25) is 0 Å². The van der Waals surface area contributed by atoms with Crippen molar-refractivity contribution < 1.29 is 9.47 Å². The van der Waals surface area contributed by atoms with Gasteiger partial charge in [0.05, 0.1) is 5.60 Å². The van der Waals surface area contributed by atoms with Gasteiger partial charge in [-0.1, -0.05) is 12.2 Å². The predicted molar refractivity (Wildman–Crippen MR) is 74.0 cm³/mol. The summed E-state index contributed by atoms with van der Waals surface area (Å²) in [5.74, 6) is 1.39. The van der Waals surface area contributed by atoms with Crippen LogP contribution in [0.4, 0.5) is 0 Å². The summed E-state index contributed by atoms with van der Waals surface area (Å²) in [6.07, 6.45) is 7.47. The van der Waals surface area contributed by atoms with E-state index < -0.39 is 0 Å². The second-order valence-corrected chi connectivity index (χ2v) is 6.84. The Morgan fingerprint density at radius 3 is 2.94 bits per heavy atom. The number of rotatable bonds is 2. The number of ether oxygens (including phenoxy) is 2. The Hall–Kier alpha value is -1.06. The maximum atomic E-state index is 6.10. The van der Waals surface area contributed by atoms with Gasteiger partial charge in [0, 0.05) is 10.8 Å². The first kappa shape index (κ1) is 12.0. The zero-order chi connectivity index (χ0) is 12.8. The largest absolute Gasteiger partial charge is 0.448 e. The van der Waals surface area contributed by atoms with Crippen LogP contribution in [0.5, 0.6) is 5.06 Å². The van der Waals surface area contributed by atoms with Gasteiger partial charge in [-0.25, -0.2) is 0 Å². The number of allylic oxidation sites excluding steroid dienone is 2. The summed E-state index contributed by atoms with van der Waals surface area (Å²) in [5.41, 5.74) is -0.0577. The van der Waals surface area contributed by atoms with E-state index in [1.165, 1.54) is 4.88 Å². The second kappa shape index (κ2) is 4.25. The minimum absolute atomic E-state index is 0.0577. The highest BCUT2D eigenvalue weighted by Gasteiger charge is 2.42. The van der Waals surface area contributed by atoms with Gasteiger partial charge in [-0.15, -0.1) is 11.3 Å². The van der Waals surface area contributed by atoms with Gasteiger partial charge in [-0.3, -0.25) is 0 Å². The van der Waals surface area contributed by atoms with E-state index in [-0.39, 0.29) is 11.7 Å². The molecule has 1 aromatic rings. The summed E-state index contributed by atoms with van der Waals surface area (Å²) in [5, 5.41) is 0.945. The minimum Gasteiger partial charge on any atom is -0.448 e. The molecule has 3 rings (SSSR count). The Bertz CT molecular complexity index is 510. The van der Waals surface area contributed by atoms with Gasteiger partial charge >= 0.3 is 0 Å². The van der Waals surface area contributed by atoms with Crippen molar-refractivity contribution in [2.24, 2.45) is 5.92 Å². The summed E-state index contributed by atoms with van der Waals surface area (Å²) in [6.45, 7) is 6.38.